The maximum Gasteiger partial charge on any atom is 0.162 e. The normalized spacial score (nSPS) is 15.3. The van der Waals surface area contributed by atoms with E-state index in [1.165, 1.54) is 68.3 Å². The van der Waals surface area contributed by atoms with Gasteiger partial charge in [0.1, 0.15) is 0 Å². The SMILES string of the molecule is CC1(C)CCC(c2cccc3c2sc2c(-c4[c-]c5ccccc5c(C(C)(C)C)c4)nccc23)CC1.CCC(CC)C(=O)/C=C(\O)C(CC)CC.[Ir]. The van der Waals surface area contributed by atoms with Gasteiger partial charge in [-0.25, -0.2) is 0 Å². The Morgan fingerprint density at radius 3 is 2.14 bits per heavy atom. The molecule has 1 saturated carbocycles. The number of pyridine rings is 1. The molecule has 0 atom stereocenters. The number of carbonyl (C=O) groups is 1. The second-order valence-corrected chi connectivity index (χ2v) is 17.2. The van der Waals surface area contributed by atoms with E-state index >= 15 is 0 Å². The number of aliphatic hydroxyl groups is 1. The first-order valence-electron chi connectivity index (χ1n) is 19.0. The van der Waals surface area contributed by atoms with Crippen LogP contribution in [0.1, 0.15) is 131 Å². The monoisotopic (exact) mass is 881 g/mol. The molecule has 3 aromatic carbocycles. The molecule has 5 aromatic rings. The number of allylic oxidation sites excluding steroid dienone is 2. The van der Waals surface area contributed by atoms with Crippen molar-refractivity contribution >= 4 is 48.1 Å². The molecular formula is C46H58IrNO2S-. The molecule has 0 amide bonds. The minimum absolute atomic E-state index is 0. The fourth-order valence-corrected chi connectivity index (χ4v) is 9.12. The number of fused-ring (bicyclic) bond motifs is 4. The topological polar surface area (TPSA) is 50.2 Å². The van der Waals surface area contributed by atoms with Crippen molar-refractivity contribution in [3.63, 3.8) is 0 Å². The van der Waals surface area contributed by atoms with Crippen LogP contribution < -0.4 is 0 Å². The van der Waals surface area contributed by atoms with Crippen LogP contribution in [0.2, 0.25) is 0 Å². The molecule has 1 radical (unpaired) electrons. The molecule has 6 rings (SSSR count). The summed E-state index contributed by atoms with van der Waals surface area (Å²) < 4.78 is 2.75. The molecule has 1 aliphatic rings. The van der Waals surface area contributed by atoms with Gasteiger partial charge in [-0.15, -0.1) is 40.5 Å². The average molecular weight is 881 g/mol. The van der Waals surface area contributed by atoms with E-state index in [0.717, 1.165) is 36.9 Å². The van der Waals surface area contributed by atoms with E-state index in [1.807, 2.05) is 45.2 Å². The fourth-order valence-electron chi connectivity index (χ4n) is 7.73. The molecule has 0 unspecified atom stereocenters. The standard InChI is InChI=1S/C33H34NS.C13H24O2.Ir/c1-32(2,3)28-20-23(19-22-9-6-7-10-24(22)28)29-31-27(15-18-34-29)26-12-8-11-25(30(26)35-31)21-13-16-33(4,5)17-14-21;1-5-10(6-2)12(14)9-13(15)11(7-3)8-4;/h6-12,15,18,20-21H,13-14,16-17H2,1-5H3;9-11,14H,5-8H2,1-4H3;/q-1;;/b;12-9-;. The molecule has 275 valence electrons. The van der Waals surface area contributed by atoms with Gasteiger partial charge in [0.2, 0.25) is 0 Å². The number of aromatic nitrogens is 1. The van der Waals surface area contributed by atoms with Crippen LogP contribution in [0.15, 0.2) is 72.6 Å². The van der Waals surface area contributed by atoms with Gasteiger partial charge in [-0.3, -0.25) is 9.78 Å². The predicted octanol–water partition coefficient (Wildman–Crippen LogP) is 13.9. The van der Waals surface area contributed by atoms with Gasteiger partial charge in [-0.05, 0) is 85.1 Å². The largest absolute Gasteiger partial charge is 0.512 e. The Hall–Kier alpha value is -2.85. The smallest absolute Gasteiger partial charge is 0.162 e. The molecule has 0 aliphatic heterocycles. The van der Waals surface area contributed by atoms with Crippen molar-refractivity contribution in [3.8, 4) is 11.3 Å². The summed E-state index contributed by atoms with van der Waals surface area (Å²) in [6.07, 6.45) is 12.1. The summed E-state index contributed by atoms with van der Waals surface area (Å²) in [6.45, 7) is 19.8. The van der Waals surface area contributed by atoms with E-state index in [1.54, 1.807) is 5.56 Å². The number of rotatable bonds is 9. The van der Waals surface area contributed by atoms with Crippen LogP contribution in [0, 0.1) is 23.3 Å². The van der Waals surface area contributed by atoms with Crippen LogP contribution in [0.4, 0.5) is 0 Å². The fraction of sp³-hybridized carbons (Fsp3) is 0.478. The Morgan fingerprint density at radius 1 is 0.902 bits per heavy atom. The summed E-state index contributed by atoms with van der Waals surface area (Å²) in [7, 11) is 0. The van der Waals surface area contributed by atoms with Crippen molar-refractivity contribution in [3.05, 3.63) is 89.8 Å². The Labute approximate surface area is 324 Å². The molecule has 2 heterocycles. The third-order valence-electron chi connectivity index (χ3n) is 11.1. The third-order valence-corrected chi connectivity index (χ3v) is 12.4. The summed E-state index contributed by atoms with van der Waals surface area (Å²) >= 11 is 1.94. The molecule has 2 aromatic heterocycles. The molecular weight excluding hydrogens is 823 g/mol. The number of ketones is 1. The van der Waals surface area contributed by atoms with Crippen LogP contribution in [0.25, 0.3) is 42.2 Å². The summed E-state index contributed by atoms with van der Waals surface area (Å²) in [5, 5.41) is 14.9. The van der Waals surface area contributed by atoms with Gasteiger partial charge < -0.3 is 5.11 Å². The first-order chi connectivity index (χ1) is 23.8. The zero-order valence-corrected chi connectivity index (χ0v) is 35.5. The van der Waals surface area contributed by atoms with Crippen molar-refractivity contribution in [1.82, 2.24) is 4.98 Å². The summed E-state index contributed by atoms with van der Waals surface area (Å²) in [5.41, 5.74) is 5.59. The van der Waals surface area contributed by atoms with Crippen LogP contribution in [-0.2, 0) is 30.3 Å². The zero-order valence-electron chi connectivity index (χ0n) is 32.3. The van der Waals surface area contributed by atoms with E-state index in [2.05, 4.69) is 95.3 Å². The van der Waals surface area contributed by atoms with Gasteiger partial charge in [0.25, 0.3) is 0 Å². The van der Waals surface area contributed by atoms with Crippen LogP contribution in [0.5, 0.6) is 0 Å². The number of nitrogens with zero attached hydrogens (tertiary/aromatic N) is 1. The van der Waals surface area contributed by atoms with Crippen molar-refractivity contribution in [1.29, 1.82) is 0 Å². The summed E-state index contributed by atoms with van der Waals surface area (Å²) in [6, 6.07) is 23.9. The van der Waals surface area contributed by atoms with Crippen molar-refractivity contribution in [2.24, 2.45) is 17.3 Å². The van der Waals surface area contributed by atoms with Crippen LogP contribution in [0.3, 0.4) is 0 Å². The van der Waals surface area contributed by atoms with E-state index < -0.39 is 0 Å². The third kappa shape index (κ3) is 9.21. The quantitative estimate of drug-likeness (QED) is 0.0912. The Bertz CT molecular complexity index is 1960. The van der Waals surface area contributed by atoms with Gasteiger partial charge in [0.05, 0.1) is 5.76 Å². The number of thiophene rings is 1. The average Bonchev–Trinajstić information content (AvgIpc) is 3.48. The van der Waals surface area contributed by atoms with Gasteiger partial charge in [0.15, 0.2) is 5.78 Å². The van der Waals surface area contributed by atoms with Crippen LogP contribution >= 0.6 is 11.3 Å². The van der Waals surface area contributed by atoms with Crippen LogP contribution in [-0.4, -0.2) is 15.9 Å². The molecule has 1 aliphatic carbocycles. The Morgan fingerprint density at radius 2 is 1.51 bits per heavy atom. The number of benzene rings is 3. The number of carbonyl (C=O) groups excluding carboxylic acids is 1. The second kappa shape index (κ2) is 17.3. The number of aliphatic hydroxyl groups excluding tert-OH is 1. The molecule has 0 bridgehead atoms. The van der Waals surface area contributed by atoms with Gasteiger partial charge >= 0.3 is 0 Å². The van der Waals surface area contributed by atoms with Crippen molar-refractivity contribution in [2.45, 2.75) is 125 Å². The zero-order chi connectivity index (χ0) is 36.2. The molecule has 3 nitrogen and oxygen atoms in total. The van der Waals surface area contributed by atoms with E-state index in [-0.39, 0.29) is 48.9 Å². The molecule has 5 heteroatoms. The first-order valence-corrected chi connectivity index (χ1v) is 19.8. The van der Waals surface area contributed by atoms with Crippen molar-refractivity contribution < 1.29 is 30.0 Å². The number of hydrogen-bond donors (Lipinski definition) is 1. The second-order valence-electron chi connectivity index (χ2n) is 16.2. The Balaban J connectivity index is 0.000000312. The maximum absolute atomic E-state index is 11.7. The van der Waals surface area contributed by atoms with Crippen molar-refractivity contribution in [2.75, 3.05) is 0 Å². The predicted molar refractivity (Wildman–Crippen MR) is 216 cm³/mol. The van der Waals surface area contributed by atoms with Gasteiger partial charge in [0, 0.05) is 64.7 Å². The summed E-state index contributed by atoms with van der Waals surface area (Å²) in [5.74, 6) is 1.21. The van der Waals surface area contributed by atoms with E-state index in [4.69, 9.17) is 4.98 Å². The molecule has 0 spiro atoms. The van der Waals surface area contributed by atoms with Gasteiger partial charge in [-0.2, -0.15) is 0 Å². The van der Waals surface area contributed by atoms with E-state index in [9.17, 15) is 9.90 Å². The van der Waals surface area contributed by atoms with Gasteiger partial charge in [-0.1, -0.05) is 110 Å². The van der Waals surface area contributed by atoms with E-state index in [0.29, 0.717) is 11.3 Å². The summed E-state index contributed by atoms with van der Waals surface area (Å²) in [4.78, 5) is 16.7. The molecule has 0 saturated heterocycles. The minimum atomic E-state index is 0. The maximum atomic E-state index is 11.7. The Kier molecular flexibility index (Phi) is 13.9. The molecule has 51 heavy (non-hydrogen) atoms. The molecule has 1 fully saturated rings. The first kappa shape index (κ1) is 40.9. The minimum Gasteiger partial charge on any atom is -0.512 e. The molecule has 1 N–H and O–H groups in total. The number of hydrogen-bond acceptors (Lipinski definition) is 4.